The van der Waals surface area contributed by atoms with E-state index in [4.69, 9.17) is 0 Å². The Morgan fingerprint density at radius 1 is 1.21 bits per heavy atom. The maximum absolute atomic E-state index is 12.1. The maximum Gasteiger partial charge on any atom is 0.411 e. The molecule has 1 aliphatic rings. The van der Waals surface area contributed by atoms with Gasteiger partial charge in [-0.25, -0.2) is 9.79 Å². The van der Waals surface area contributed by atoms with Crippen molar-refractivity contribution in [3.8, 4) is 0 Å². The van der Waals surface area contributed by atoms with E-state index in [1.54, 1.807) is 24.3 Å². The van der Waals surface area contributed by atoms with Crippen LogP contribution in [0.25, 0.3) is 0 Å². The minimum atomic E-state index is -4.34. The van der Waals surface area contributed by atoms with Crippen LogP contribution in [0.2, 0.25) is 0 Å². The average molecular weight is 415 g/mol. The molecule has 160 valence electrons. The number of nitrogens with one attached hydrogen (secondary N) is 3. The summed E-state index contributed by atoms with van der Waals surface area (Å²) in [6.07, 6.45) is -4.34. The molecule has 0 aromatic heterocycles. The smallest absolute Gasteiger partial charge is 0.367 e. The Kier molecular flexibility index (Phi) is 8.25. The molecule has 0 saturated carbocycles. The molecule has 0 spiro atoms. The molecule has 1 aromatic rings. The van der Waals surface area contributed by atoms with Gasteiger partial charge in [0.1, 0.15) is 6.61 Å². The fourth-order valence-electron chi connectivity index (χ4n) is 2.51. The van der Waals surface area contributed by atoms with E-state index in [-0.39, 0.29) is 25.6 Å². The molecule has 0 aliphatic carbocycles. The summed E-state index contributed by atoms with van der Waals surface area (Å²) in [7, 11) is 0. The Morgan fingerprint density at radius 2 is 1.90 bits per heavy atom. The lowest BCUT2D eigenvalue weighted by Gasteiger charge is -2.15. The van der Waals surface area contributed by atoms with Crippen molar-refractivity contribution in [1.29, 1.82) is 0 Å². The minimum Gasteiger partial charge on any atom is -0.367 e. The fourth-order valence-corrected chi connectivity index (χ4v) is 2.51. The number of aliphatic imine (C=N–C) groups is 1. The van der Waals surface area contributed by atoms with Crippen LogP contribution in [0.4, 0.5) is 18.0 Å². The highest BCUT2D eigenvalue weighted by atomic mass is 19.4. The van der Waals surface area contributed by atoms with E-state index in [1.165, 1.54) is 0 Å². The molecule has 29 heavy (non-hydrogen) atoms. The number of carbonyl (C=O) groups excluding carboxylic acids is 2. The Bertz CT molecular complexity index is 706. The second-order valence-corrected chi connectivity index (χ2v) is 6.25. The van der Waals surface area contributed by atoms with Gasteiger partial charge in [-0.2, -0.15) is 13.2 Å². The third-order valence-corrected chi connectivity index (χ3v) is 3.89. The van der Waals surface area contributed by atoms with Crippen molar-refractivity contribution in [2.75, 3.05) is 32.8 Å². The second kappa shape index (κ2) is 10.6. The lowest BCUT2D eigenvalue weighted by Crippen LogP contribution is -2.43. The molecule has 0 unspecified atom stereocenters. The van der Waals surface area contributed by atoms with E-state index in [2.05, 4.69) is 25.7 Å². The van der Waals surface area contributed by atoms with Crippen LogP contribution in [-0.4, -0.2) is 61.8 Å². The lowest BCUT2D eigenvalue weighted by atomic mass is 10.1. The number of ether oxygens (including phenoxy) is 1. The zero-order chi connectivity index (χ0) is 21.3. The first kappa shape index (κ1) is 22.5. The second-order valence-electron chi connectivity index (χ2n) is 6.25. The van der Waals surface area contributed by atoms with Gasteiger partial charge >= 0.3 is 12.2 Å². The normalized spacial score (nSPS) is 14.9. The first-order valence-corrected chi connectivity index (χ1v) is 9.11. The molecule has 1 heterocycles. The average Bonchev–Trinajstić information content (AvgIpc) is 2.98. The number of benzene rings is 1. The summed E-state index contributed by atoms with van der Waals surface area (Å²) < 4.78 is 40.9. The van der Waals surface area contributed by atoms with E-state index in [0.29, 0.717) is 31.2 Å². The zero-order valence-electron chi connectivity index (χ0n) is 16.0. The molecule has 1 aromatic carbocycles. The number of hydrogen-bond acceptors (Lipinski definition) is 4. The third kappa shape index (κ3) is 7.98. The number of carbonyl (C=O) groups is 2. The molecule has 0 radical (unpaired) electrons. The maximum atomic E-state index is 12.1. The summed E-state index contributed by atoms with van der Waals surface area (Å²) >= 11 is 0. The van der Waals surface area contributed by atoms with Crippen molar-refractivity contribution >= 4 is 17.9 Å². The van der Waals surface area contributed by atoms with E-state index in [9.17, 15) is 22.8 Å². The van der Waals surface area contributed by atoms with Gasteiger partial charge in [-0.15, -0.1) is 0 Å². The van der Waals surface area contributed by atoms with Crippen LogP contribution in [-0.2, 0) is 22.7 Å². The fraction of sp³-hybridized carbons (Fsp3) is 0.500. The summed E-state index contributed by atoms with van der Waals surface area (Å²) in [5.74, 6) is 0.259. The quantitative estimate of drug-likeness (QED) is 0.322. The largest absolute Gasteiger partial charge is 0.411 e. The first-order chi connectivity index (χ1) is 13.8. The number of nitrogens with zero attached hydrogens (tertiary/aromatic N) is 2. The van der Waals surface area contributed by atoms with Crippen LogP contribution in [0.3, 0.4) is 0 Å². The van der Waals surface area contributed by atoms with Crippen molar-refractivity contribution in [2.45, 2.75) is 26.3 Å². The Hall–Kier alpha value is -2.82. The van der Waals surface area contributed by atoms with Crippen LogP contribution in [0.1, 0.15) is 18.1 Å². The van der Waals surface area contributed by atoms with Gasteiger partial charge in [-0.3, -0.25) is 9.69 Å². The first-order valence-electron chi connectivity index (χ1n) is 9.11. The number of halogens is 3. The van der Waals surface area contributed by atoms with Gasteiger partial charge in [-0.05, 0) is 18.1 Å². The molecule has 8 nitrogen and oxygen atoms in total. The van der Waals surface area contributed by atoms with E-state index < -0.39 is 18.8 Å². The highest BCUT2D eigenvalue weighted by Gasteiger charge is 2.28. The van der Waals surface area contributed by atoms with E-state index in [0.717, 1.165) is 10.5 Å². The summed E-state index contributed by atoms with van der Waals surface area (Å²) in [4.78, 5) is 28.6. The summed E-state index contributed by atoms with van der Waals surface area (Å²) in [5, 5.41) is 8.57. The molecule has 1 fully saturated rings. The number of alkyl halides is 3. The zero-order valence-corrected chi connectivity index (χ0v) is 16.0. The van der Waals surface area contributed by atoms with Gasteiger partial charge in [0.05, 0.1) is 19.7 Å². The van der Waals surface area contributed by atoms with Gasteiger partial charge in [-0.1, -0.05) is 24.3 Å². The highest BCUT2D eigenvalue weighted by molar-refractivity contribution is 6.01. The van der Waals surface area contributed by atoms with Gasteiger partial charge in [0.15, 0.2) is 5.96 Å². The van der Waals surface area contributed by atoms with E-state index in [1.807, 2.05) is 6.92 Å². The van der Waals surface area contributed by atoms with E-state index >= 15 is 0 Å². The molecule has 0 bridgehead atoms. The Morgan fingerprint density at radius 3 is 2.48 bits per heavy atom. The molecular weight excluding hydrogens is 391 g/mol. The summed E-state index contributed by atoms with van der Waals surface area (Å²) in [6, 6.07) is 6.52. The third-order valence-electron chi connectivity index (χ3n) is 3.89. The lowest BCUT2D eigenvalue weighted by molar-refractivity contribution is -0.176. The molecular formula is C18H24F3N5O3. The molecule has 0 atom stereocenters. The monoisotopic (exact) mass is 415 g/mol. The number of hydrogen-bond donors (Lipinski definition) is 3. The highest BCUT2D eigenvalue weighted by Crippen LogP contribution is 2.16. The van der Waals surface area contributed by atoms with Gasteiger partial charge in [0, 0.05) is 19.6 Å². The SMILES string of the molecule is CCNC(=NCc1ccc(COCC(F)(F)F)cc1)NCCN1C(=O)CNC1=O. The number of urea groups is 1. The Labute approximate surface area is 166 Å². The summed E-state index contributed by atoms with van der Waals surface area (Å²) in [6.45, 7) is 2.08. The summed E-state index contributed by atoms with van der Waals surface area (Å²) in [5.41, 5.74) is 1.51. The molecule has 2 rings (SSSR count). The van der Waals surface area contributed by atoms with Crippen molar-refractivity contribution < 1.29 is 27.5 Å². The molecule has 3 amide bonds. The van der Waals surface area contributed by atoms with Crippen LogP contribution >= 0.6 is 0 Å². The Balaban J connectivity index is 1.81. The molecule has 11 heteroatoms. The number of rotatable bonds is 9. The molecule has 1 saturated heterocycles. The van der Waals surface area contributed by atoms with Crippen LogP contribution < -0.4 is 16.0 Å². The topological polar surface area (TPSA) is 95.1 Å². The van der Waals surface area contributed by atoms with Crippen molar-refractivity contribution in [3.05, 3.63) is 35.4 Å². The number of amides is 3. The van der Waals surface area contributed by atoms with Crippen molar-refractivity contribution in [1.82, 2.24) is 20.9 Å². The predicted octanol–water partition coefficient (Wildman–Crippen LogP) is 1.37. The van der Waals surface area contributed by atoms with Crippen LogP contribution in [0.15, 0.2) is 29.3 Å². The van der Waals surface area contributed by atoms with Crippen LogP contribution in [0, 0.1) is 0 Å². The van der Waals surface area contributed by atoms with Crippen LogP contribution in [0.5, 0.6) is 0 Å². The number of guanidine groups is 1. The number of imide groups is 1. The minimum absolute atomic E-state index is 0.0181. The van der Waals surface area contributed by atoms with Gasteiger partial charge in [0.25, 0.3) is 0 Å². The van der Waals surface area contributed by atoms with Gasteiger partial charge in [0.2, 0.25) is 5.91 Å². The van der Waals surface area contributed by atoms with Crippen molar-refractivity contribution in [2.24, 2.45) is 4.99 Å². The van der Waals surface area contributed by atoms with Crippen molar-refractivity contribution in [3.63, 3.8) is 0 Å². The predicted molar refractivity (Wildman–Crippen MR) is 100 cm³/mol. The standard InChI is InChI=1S/C18H24F3N5O3/c1-2-22-16(23-7-8-26-15(27)10-25-17(26)28)24-9-13-3-5-14(6-4-13)11-29-12-18(19,20)21/h3-6H,2,7-12H2,1H3,(H,25,28)(H2,22,23,24). The molecule has 1 aliphatic heterocycles. The van der Waals surface area contributed by atoms with Gasteiger partial charge < -0.3 is 20.7 Å². The molecule has 3 N–H and O–H groups in total.